The van der Waals surface area contributed by atoms with E-state index in [1.165, 1.54) is 5.57 Å². The standard InChI is InChI=1S/C13H16ClNO/c1-9(2)16-13-6-11(7-15-8-13)10-3-4-12(14)5-10/h5-9,12H,3-4H2,1-2H3. The molecule has 1 heterocycles. The van der Waals surface area contributed by atoms with Gasteiger partial charge in [-0.05, 0) is 43.9 Å². The predicted octanol–water partition coefficient (Wildman–Crippen LogP) is 3.65. The van der Waals surface area contributed by atoms with Crippen molar-refractivity contribution in [2.45, 2.75) is 38.2 Å². The highest BCUT2D eigenvalue weighted by Crippen LogP contribution is 2.31. The Balaban J connectivity index is 2.19. The fourth-order valence-electron chi connectivity index (χ4n) is 1.85. The highest BCUT2D eigenvalue weighted by molar-refractivity contribution is 6.22. The summed E-state index contributed by atoms with van der Waals surface area (Å²) in [6.45, 7) is 4.02. The summed E-state index contributed by atoms with van der Waals surface area (Å²) >= 11 is 6.05. The van der Waals surface area contributed by atoms with Gasteiger partial charge in [-0.3, -0.25) is 4.98 Å². The summed E-state index contributed by atoms with van der Waals surface area (Å²) < 4.78 is 5.62. The molecule has 1 aromatic heterocycles. The number of allylic oxidation sites excluding steroid dienone is 2. The topological polar surface area (TPSA) is 22.1 Å². The number of nitrogens with zero attached hydrogens (tertiary/aromatic N) is 1. The molecule has 1 unspecified atom stereocenters. The minimum Gasteiger partial charge on any atom is -0.489 e. The van der Waals surface area contributed by atoms with Crippen LogP contribution in [0, 0.1) is 0 Å². The molecule has 0 spiro atoms. The average molecular weight is 238 g/mol. The molecule has 0 saturated heterocycles. The van der Waals surface area contributed by atoms with Crippen LogP contribution in [0.3, 0.4) is 0 Å². The van der Waals surface area contributed by atoms with Crippen molar-refractivity contribution in [2.24, 2.45) is 0 Å². The minimum absolute atomic E-state index is 0.171. The molecule has 3 heteroatoms. The quantitative estimate of drug-likeness (QED) is 0.749. The Morgan fingerprint density at radius 1 is 1.44 bits per heavy atom. The molecular weight excluding hydrogens is 222 g/mol. The summed E-state index contributed by atoms with van der Waals surface area (Å²) in [5.74, 6) is 0.825. The zero-order chi connectivity index (χ0) is 11.5. The van der Waals surface area contributed by atoms with E-state index in [1.807, 2.05) is 26.1 Å². The van der Waals surface area contributed by atoms with Crippen molar-refractivity contribution in [3.63, 3.8) is 0 Å². The van der Waals surface area contributed by atoms with Crippen molar-refractivity contribution in [3.05, 3.63) is 30.1 Å². The van der Waals surface area contributed by atoms with Gasteiger partial charge in [-0.1, -0.05) is 6.08 Å². The maximum Gasteiger partial charge on any atom is 0.138 e. The van der Waals surface area contributed by atoms with Crippen molar-refractivity contribution in [1.82, 2.24) is 4.98 Å². The molecule has 0 N–H and O–H groups in total. The molecule has 1 aliphatic carbocycles. The average Bonchev–Trinajstić information content (AvgIpc) is 2.64. The summed E-state index contributed by atoms with van der Waals surface area (Å²) in [6.07, 6.45) is 7.95. The van der Waals surface area contributed by atoms with Crippen molar-refractivity contribution >= 4 is 17.2 Å². The van der Waals surface area contributed by atoms with E-state index in [9.17, 15) is 0 Å². The number of pyridine rings is 1. The molecule has 16 heavy (non-hydrogen) atoms. The summed E-state index contributed by atoms with van der Waals surface area (Å²) in [5, 5.41) is 0.171. The smallest absolute Gasteiger partial charge is 0.138 e. The zero-order valence-electron chi connectivity index (χ0n) is 9.61. The Morgan fingerprint density at radius 3 is 2.88 bits per heavy atom. The molecule has 86 valence electrons. The first-order valence-electron chi connectivity index (χ1n) is 5.62. The Hall–Kier alpha value is -1.02. The van der Waals surface area contributed by atoms with Gasteiger partial charge >= 0.3 is 0 Å². The van der Waals surface area contributed by atoms with Gasteiger partial charge in [0.1, 0.15) is 5.75 Å². The van der Waals surface area contributed by atoms with Crippen LogP contribution in [0.5, 0.6) is 5.75 Å². The van der Waals surface area contributed by atoms with Gasteiger partial charge in [0.25, 0.3) is 0 Å². The van der Waals surface area contributed by atoms with E-state index < -0.39 is 0 Å². The monoisotopic (exact) mass is 237 g/mol. The summed E-state index contributed by atoms with van der Waals surface area (Å²) in [6, 6.07) is 2.04. The van der Waals surface area contributed by atoms with E-state index in [2.05, 4.69) is 11.1 Å². The normalized spacial score (nSPS) is 20.0. The fourth-order valence-corrected chi connectivity index (χ4v) is 2.11. The van der Waals surface area contributed by atoms with E-state index >= 15 is 0 Å². The summed E-state index contributed by atoms with van der Waals surface area (Å²) in [4.78, 5) is 4.20. The molecule has 0 radical (unpaired) electrons. The molecule has 1 atom stereocenters. The molecule has 0 bridgehead atoms. The van der Waals surface area contributed by atoms with Crippen molar-refractivity contribution in [1.29, 1.82) is 0 Å². The van der Waals surface area contributed by atoms with Gasteiger partial charge in [0.15, 0.2) is 0 Å². The Morgan fingerprint density at radius 2 is 2.25 bits per heavy atom. The lowest BCUT2D eigenvalue weighted by molar-refractivity contribution is 0.241. The summed E-state index contributed by atoms with van der Waals surface area (Å²) in [5.41, 5.74) is 2.41. The number of aromatic nitrogens is 1. The number of halogens is 1. The number of hydrogen-bond acceptors (Lipinski definition) is 2. The second-order valence-electron chi connectivity index (χ2n) is 4.32. The molecule has 1 aromatic rings. The molecule has 0 saturated carbocycles. The van der Waals surface area contributed by atoms with Gasteiger partial charge in [0.05, 0.1) is 17.7 Å². The minimum atomic E-state index is 0.171. The van der Waals surface area contributed by atoms with E-state index in [1.54, 1.807) is 6.20 Å². The first kappa shape index (κ1) is 11.5. The van der Waals surface area contributed by atoms with Crippen LogP contribution in [-0.2, 0) is 0 Å². The van der Waals surface area contributed by atoms with Crippen LogP contribution < -0.4 is 4.74 Å². The Kier molecular flexibility index (Phi) is 3.49. The molecule has 0 fully saturated rings. The van der Waals surface area contributed by atoms with Crippen LogP contribution in [-0.4, -0.2) is 16.5 Å². The number of hydrogen-bond donors (Lipinski definition) is 0. The maximum absolute atomic E-state index is 6.05. The lowest BCUT2D eigenvalue weighted by atomic mass is 10.1. The number of rotatable bonds is 3. The van der Waals surface area contributed by atoms with Crippen LogP contribution in [0.1, 0.15) is 32.3 Å². The van der Waals surface area contributed by atoms with E-state index in [0.29, 0.717) is 0 Å². The van der Waals surface area contributed by atoms with Crippen molar-refractivity contribution in [2.75, 3.05) is 0 Å². The SMILES string of the molecule is CC(C)Oc1cncc(C2=CC(Cl)CC2)c1. The highest BCUT2D eigenvalue weighted by Gasteiger charge is 2.15. The van der Waals surface area contributed by atoms with Gasteiger partial charge in [-0.2, -0.15) is 0 Å². The fraction of sp³-hybridized carbons (Fsp3) is 0.462. The third-order valence-electron chi connectivity index (χ3n) is 2.53. The molecule has 2 nitrogen and oxygen atoms in total. The third kappa shape index (κ3) is 2.76. The summed E-state index contributed by atoms with van der Waals surface area (Å²) in [7, 11) is 0. The second-order valence-corrected chi connectivity index (χ2v) is 4.88. The lowest BCUT2D eigenvalue weighted by Crippen LogP contribution is -2.05. The van der Waals surface area contributed by atoms with Gasteiger partial charge in [-0.25, -0.2) is 0 Å². The molecule has 0 aliphatic heterocycles. The van der Waals surface area contributed by atoms with Crippen LogP contribution in [0.2, 0.25) is 0 Å². The van der Waals surface area contributed by atoms with E-state index in [0.717, 1.165) is 24.2 Å². The lowest BCUT2D eigenvalue weighted by Gasteiger charge is -2.10. The maximum atomic E-state index is 6.05. The Bertz CT molecular complexity index is 401. The van der Waals surface area contributed by atoms with Crippen molar-refractivity contribution in [3.8, 4) is 5.75 Å². The van der Waals surface area contributed by atoms with E-state index in [4.69, 9.17) is 16.3 Å². The molecule has 0 amide bonds. The highest BCUT2D eigenvalue weighted by atomic mass is 35.5. The largest absolute Gasteiger partial charge is 0.489 e. The molecular formula is C13H16ClNO. The first-order valence-corrected chi connectivity index (χ1v) is 6.05. The number of alkyl halides is 1. The van der Waals surface area contributed by atoms with Gasteiger partial charge in [0.2, 0.25) is 0 Å². The first-order chi connectivity index (χ1) is 7.65. The van der Waals surface area contributed by atoms with Gasteiger partial charge in [0, 0.05) is 6.20 Å². The van der Waals surface area contributed by atoms with Crippen molar-refractivity contribution < 1.29 is 4.74 Å². The van der Waals surface area contributed by atoms with Crippen LogP contribution in [0.4, 0.5) is 0 Å². The van der Waals surface area contributed by atoms with Gasteiger partial charge in [-0.15, -0.1) is 11.6 Å². The zero-order valence-corrected chi connectivity index (χ0v) is 10.4. The van der Waals surface area contributed by atoms with Crippen LogP contribution >= 0.6 is 11.6 Å². The molecule has 0 aromatic carbocycles. The van der Waals surface area contributed by atoms with Gasteiger partial charge < -0.3 is 4.74 Å². The van der Waals surface area contributed by atoms with E-state index in [-0.39, 0.29) is 11.5 Å². The second kappa shape index (κ2) is 4.88. The van der Waals surface area contributed by atoms with Crippen LogP contribution in [0.15, 0.2) is 24.5 Å². The molecule has 2 rings (SSSR count). The predicted molar refractivity (Wildman–Crippen MR) is 66.9 cm³/mol. The van der Waals surface area contributed by atoms with Crippen LogP contribution in [0.25, 0.3) is 5.57 Å². The number of ether oxygens (including phenoxy) is 1. The Labute approximate surface area is 101 Å². The third-order valence-corrected chi connectivity index (χ3v) is 2.87. The molecule has 1 aliphatic rings.